The maximum absolute atomic E-state index is 12.1. The van der Waals surface area contributed by atoms with Crippen LogP contribution in [-0.2, 0) is 9.53 Å². The van der Waals surface area contributed by atoms with Gasteiger partial charge in [0.15, 0.2) is 0 Å². The van der Waals surface area contributed by atoms with Crippen LogP contribution in [0.2, 0.25) is 0 Å². The summed E-state index contributed by atoms with van der Waals surface area (Å²) in [6, 6.07) is 0. The number of esters is 1. The van der Waals surface area contributed by atoms with Gasteiger partial charge in [-0.05, 0) is 42.9 Å². The van der Waals surface area contributed by atoms with Crippen LogP contribution in [0.4, 0.5) is 0 Å². The first-order chi connectivity index (χ1) is 19.2. The van der Waals surface area contributed by atoms with Crippen LogP contribution in [0.1, 0.15) is 190 Å². The zero-order valence-electron chi connectivity index (χ0n) is 28.7. The number of carbonyl (C=O) groups excluding carboxylic acids is 1. The average Bonchev–Trinajstić information content (AvgIpc) is 2.91. The molecule has 0 rings (SSSR count). The molecule has 0 aliphatic rings. The van der Waals surface area contributed by atoms with E-state index in [9.17, 15) is 4.79 Å². The number of carbonyl (C=O) groups is 1. The maximum atomic E-state index is 12.1. The molecule has 0 bridgehead atoms. The van der Waals surface area contributed by atoms with E-state index in [1.54, 1.807) is 6.92 Å². The SMILES string of the molecule is C=C(C)C(=O)OCC(CCCCC(C)CCCCCCCCC(C)C)C(C)CCCC(C)CCCCCCCC. The van der Waals surface area contributed by atoms with Crippen molar-refractivity contribution >= 4 is 5.97 Å². The fraction of sp³-hybridized carbons (Fsp3) is 0.921. The lowest BCUT2D eigenvalue weighted by Gasteiger charge is -2.25. The Morgan fingerprint density at radius 1 is 0.575 bits per heavy atom. The van der Waals surface area contributed by atoms with Crippen molar-refractivity contribution in [2.45, 2.75) is 190 Å². The molecule has 0 radical (unpaired) electrons. The van der Waals surface area contributed by atoms with Crippen molar-refractivity contribution in [2.24, 2.45) is 29.6 Å². The lowest BCUT2D eigenvalue weighted by molar-refractivity contribution is -0.140. The van der Waals surface area contributed by atoms with Gasteiger partial charge >= 0.3 is 5.97 Å². The number of hydrogen-bond acceptors (Lipinski definition) is 2. The summed E-state index contributed by atoms with van der Waals surface area (Å²) in [4.78, 5) is 12.1. The van der Waals surface area contributed by atoms with E-state index in [1.165, 1.54) is 141 Å². The predicted molar refractivity (Wildman–Crippen MR) is 179 cm³/mol. The molecule has 40 heavy (non-hydrogen) atoms. The van der Waals surface area contributed by atoms with Gasteiger partial charge in [-0.25, -0.2) is 4.79 Å². The van der Waals surface area contributed by atoms with Crippen LogP contribution < -0.4 is 0 Å². The van der Waals surface area contributed by atoms with E-state index in [-0.39, 0.29) is 5.97 Å². The third kappa shape index (κ3) is 25.0. The second-order valence-electron chi connectivity index (χ2n) is 14.2. The monoisotopic (exact) mass is 563 g/mol. The van der Waals surface area contributed by atoms with Gasteiger partial charge in [-0.15, -0.1) is 0 Å². The van der Waals surface area contributed by atoms with Crippen molar-refractivity contribution in [1.82, 2.24) is 0 Å². The number of ether oxygens (including phenoxy) is 1. The highest BCUT2D eigenvalue weighted by atomic mass is 16.5. The molecule has 238 valence electrons. The molecule has 0 aliphatic carbocycles. The van der Waals surface area contributed by atoms with E-state index in [0.29, 0.717) is 24.0 Å². The van der Waals surface area contributed by atoms with Crippen LogP contribution in [0.25, 0.3) is 0 Å². The van der Waals surface area contributed by atoms with Gasteiger partial charge in [0.1, 0.15) is 0 Å². The Balaban J connectivity index is 4.22. The Hall–Kier alpha value is -0.790. The second-order valence-corrected chi connectivity index (χ2v) is 14.2. The van der Waals surface area contributed by atoms with Gasteiger partial charge in [-0.2, -0.15) is 0 Å². The maximum Gasteiger partial charge on any atom is 0.333 e. The molecule has 0 N–H and O–H groups in total. The molecule has 4 unspecified atom stereocenters. The summed E-state index contributed by atoms with van der Waals surface area (Å²) in [5.74, 6) is 3.40. The topological polar surface area (TPSA) is 26.3 Å². The smallest absolute Gasteiger partial charge is 0.333 e. The van der Waals surface area contributed by atoms with Gasteiger partial charge in [0.05, 0.1) is 6.61 Å². The molecule has 4 atom stereocenters. The van der Waals surface area contributed by atoms with E-state index < -0.39 is 0 Å². The van der Waals surface area contributed by atoms with E-state index in [1.807, 2.05) is 0 Å². The van der Waals surface area contributed by atoms with Gasteiger partial charge in [0, 0.05) is 5.57 Å². The zero-order valence-corrected chi connectivity index (χ0v) is 28.7. The Bertz CT molecular complexity index is 580. The molecule has 2 nitrogen and oxygen atoms in total. The van der Waals surface area contributed by atoms with Crippen LogP contribution >= 0.6 is 0 Å². The van der Waals surface area contributed by atoms with Crippen LogP contribution in [-0.4, -0.2) is 12.6 Å². The molecule has 0 spiro atoms. The molecular weight excluding hydrogens is 488 g/mol. The van der Waals surface area contributed by atoms with Gasteiger partial charge in [-0.3, -0.25) is 0 Å². The molecule has 0 fully saturated rings. The first-order valence-corrected chi connectivity index (χ1v) is 18.0. The largest absolute Gasteiger partial charge is 0.462 e. The molecule has 0 aromatic carbocycles. The average molecular weight is 563 g/mol. The standard InChI is InChI=1S/C38H74O2/c1-9-10-11-12-16-19-26-35(7)28-23-29-36(8)37(31-40-38(39)33(4)5)30-22-21-27-34(6)25-20-17-14-13-15-18-24-32(2)3/h32,34-37H,4,9-31H2,1-3,5-8H3. The van der Waals surface area contributed by atoms with Crippen molar-refractivity contribution in [2.75, 3.05) is 6.61 Å². The van der Waals surface area contributed by atoms with E-state index in [0.717, 1.165) is 17.8 Å². The van der Waals surface area contributed by atoms with Gasteiger partial charge < -0.3 is 4.74 Å². The first kappa shape index (κ1) is 39.2. The van der Waals surface area contributed by atoms with E-state index in [2.05, 4.69) is 48.1 Å². The first-order valence-electron chi connectivity index (χ1n) is 18.0. The molecular formula is C38H74O2. The molecule has 0 saturated heterocycles. The van der Waals surface area contributed by atoms with Crippen LogP contribution in [0.15, 0.2) is 12.2 Å². The number of hydrogen-bond donors (Lipinski definition) is 0. The summed E-state index contributed by atoms with van der Waals surface area (Å²) < 4.78 is 5.66. The normalized spacial score (nSPS) is 14.7. The summed E-state index contributed by atoms with van der Waals surface area (Å²) in [6.07, 6.45) is 30.0. The number of unbranched alkanes of at least 4 members (excludes halogenated alkanes) is 11. The fourth-order valence-electron chi connectivity index (χ4n) is 6.08. The van der Waals surface area contributed by atoms with Crippen LogP contribution in [0.5, 0.6) is 0 Å². The second kappa shape index (κ2) is 27.1. The third-order valence-corrected chi connectivity index (χ3v) is 9.24. The molecule has 0 aliphatic heterocycles. The van der Waals surface area contributed by atoms with Gasteiger partial charge in [0.2, 0.25) is 0 Å². The van der Waals surface area contributed by atoms with E-state index in [4.69, 9.17) is 4.74 Å². The zero-order chi connectivity index (χ0) is 30.0. The molecule has 0 aromatic rings. The van der Waals surface area contributed by atoms with Crippen LogP contribution in [0, 0.1) is 29.6 Å². The van der Waals surface area contributed by atoms with Crippen molar-refractivity contribution in [3.63, 3.8) is 0 Å². The summed E-state index contributed by atoms with van der Waals surface area (Å²) in [7, 11) is 0. The minimum absolute atomic E-state index is 0.224. The lowest BCUT2D eigenvalue weighted by atomic mass is 9.84. The Morgan fingerprint density at radius 2 is 1.00 bits per heavy atom. The lowest BCUT2D eigenvalue weighted by Crippen LogP contribution is -2.21. The molecule has 0 heterocycles. The van der Waals surface area contributed by atoms with Crippen molar-refractivity contribution in [3.05, 3.63) is 12.2 Å². The van der Waals surface area contributed by atoms with Crippen molar-refractivity contribution in [1.29, 1.82) is 0 Å². The van der Waals surface area contributed by atoms with Gasteiger partial charge in [-0.1, -0.05) is 183 Å². The predicted octanol–water partition coefficient (Wildman–Crippen LogP) is 12.9. The molecule has 0 aromatic heterocycles. The highest BCUT2D eigenvalue weighted by Gasteiger charge is 2.20. The molecule has 2 heteroatoms. The minimum Gasteiger partial charge on any atom is -0.462 e. The summed E-state index contributed by atoms with van der Waals surface area (Å²) in [5.41, 5.74) is 0.513. The highest BCUT2D eigenvalue weighted by molar-refractivity contribution is 5.86. The van der Waals surface area contributed by atoms with Gasteiger partial charge in [0.25, 0.3) is 0 Å². The number of rotatable bonds is 29. The molecule has 0 amide bonds. The minimum atomic E-state index is -0.224. The highest BCUT2D eigenvalue weighted by Crippen LogP contribution is 2.27. The van der Waals surface area contributed by atoms with Crippen molar-refractivity contribution < 1.29 is 9.53 Å². The molecule has 0 saturated carbocycles. The fourth-order valence-corrected chi connectivity index (χ4v) is 6.08. The van der Waals surface area contributed by atoms with Crippen molar-refractivity contribution in [3.8, 4) is 0 Å². The third-order valence-electron chi connectivity index (χ3n) is 9.24. The summed E-state index contributed by atoms with van der Waals surface area (Å²) >= 11 is 0. The van der Waals surface area contributed by atoms with Crippen LogP contribution in [0.3, 0.4) is 0 Å². The summed E-state index contributed by atoms with van der Waals surface area (Å²) in [6.45, 7) is 20.3. The van der Waals surface area contributed by atoms with E-state index >= 15 is 0 Å². The quantitative estimate of drug-likeness (QED) is 0.0515. The Morgan fingerprint density at radius 3 is 1.50 bits per heavy atom. The Labute approximate surface area is 253 Å². The summed E-state index contributed by atoms with van der Waals surface area (Å²) in [5, 5.41) is 0. The Kier molecular flexibility index (Phi) is 26.5.